The first kappa shape index (κ1) is 15.5. The summed E-state index contributed by atoms with van der Waals surface area (Å²) in [5.74, 6) is -0.711. The number of hydrogen-bond donors (Lipinski definition) is 0. The van der Waals surface area contributed by atoms with Crippen molar-refractivity contribution < 1.29 is 18.0 Å². The minimum Gasteiger partial charge on any atom is -0.343 e. The van der Waals surface area contributed by atoms with Gasteiger partial charge in [-0.15, -0.1) is 0 Å². The Bertz CT molecular complexity index is 665. The zero-order valence-electron chi connectivity index (χ0n) is 12.1. The average Bonchev–Trinajstić information content (AvgIpc) is 2.66. The summed E-state index contributed by atoms with van der Waals surface area (Å²) in [4.78, 5) is 25.7. The first-order valence-electron chi connectivity index (χ1n) is 6.87. The molecule has 2 rings (SSSR count). The molecular weight excluding hydrogens is 292 g/mol. The van der Waals surface area contributed by atoms with Crippen LogP contribution in [0.1, 0.15) is 30.6 Å². The molecule has 6 nitrogen and oxygen atoms in total. The summed E-state index contributed by atoms with van der Waals surface area (Å²) in [7, 11) is -3.82. The molecule has 0 aromatic heterocycles. The van der Waals surface area contributed by atoms with Crippen molar-refractivity contribution in [2.45, 2.75) is 25.2 Å². The molecule has 1 aromatic rings. The summed E-state index contributed by atoms with van der Waals surface area (Å²) in [6, 6.07) is 6.10. The van der Waals surface area contributed by atoms with Gasteiger partial charge in [0.05, 0.1) is 5.56 Å². The van der Waals surface area contributed by atoms with Gasteiger partial charge in [0.2, 0.25) is 5.91 Å². The lowest BCUT2D eigenvalue weighted by atomic mass is 10.2. The van der Waals surface area contributed by atoms with E-state index in [0.29, 0.717) is 13.1 Å². The van der Waals surface area contributed by atoms with Crippen LogP contribution in [0.3, 0.4) is 0 Å². The highest BCUT2D eigenvalue weighted by Gasteiger charge is 2.40. The number of hydrogen-bond acceptors (Lipinski definition) is 4. The van der Waals surface area contributed by atoms with E-state index in [1.165, 1.54) is 12.1 Å². The molecule has 114 valence electrons. The third kappa shape index (κ3) is 2.65. The van der Waals surface area contributed by atoms with E-state index in [-0.39, 0.29) is 29.3 Å². The van der Waals surface area contributed by atoms with Crippen molar-refractivity contribution in [1.82, 2.24) is 9.21 Å². The van der Waals surface area contributed by atoms with Crippen LogP contribution in [0.15, 0.2) is 29.2 Å². The number of carbonyl (C=O) groups is 2. The summed E-state index contributed by atoms with van der Waals surface area (Å²) in [6.07, 6.45) is 0.000634. The maximum Gasteiger partial charge on any atom is 0.269 e. The van der Waals surface area contributed by atoms with Crippen LogP contribution in [-0.2, 0) is 14.8 Å². The van der Waals surface area contributed by atoms with E-state index >= 15 is 0 Å². The van der Waals surface area contributed by atoms with Crippen molar-refractivity contribution in [3.8, 4) is 0 Å². The number of nitrogens with zero attached hydrogens (tertiary/aromatic N) is 2. The Kier molecular flexibility index (Phi) is 4.32. The molecule has 1 aliphatic heterocycles. The van der Waals surface area contributed by atoms with E-state index in [0.717, 1.165) is 4.31 Å². The van der Waals surface area contributed by atoms with Crippen LogP contribution in [-0.4, -0.2) is 49.1 Å². The molecule has 1 aliphatic rings. The minimum absolute atomic E-state index is 0.000634. The average molecular weight is 310 g/mol. The lowest BCUT2D eigenvalue weighted by Gasteiger charge is -2.20. The van der Waals surface area contributed by atoms with Crippen molar-refractivity contribution in [3.05, 3.63) is 29.8 Å². The molecule has 1 heterocycles. The standard InChI is InChI=1S/C14H18N2O4S/c1-3-15(4-2)13(17)9-10-16-14(18)11-7-5-6-8-12(11)21(16,19)20/h5-8H,3-4,9-10H2,1-2H3. The summed E-state index contributed by atoms with van der Waals surface area (Å²) in [6.45, 7) is 4.72. The quantitative estimate of drug-likeness (QED) is 0.816. The third-order valence-corrected chi connectivity index (χ3v) is 5.40. The van der Waals surface area contributed by atoms with Crippen LogP contribution >= 0.6 is 0 Å². The van der Waals surface area contributed by atoms with Gasteiger partial charge in [-0.2, -0.15) is 0 Å². The van der Waals surface area contributed by atoms with Crippen LogP contribution in [0, 0.1) is 0 Å². The van der Waals surface area contributed by atoms with Crippen LogP contribution in [0.2, 0.25) is 0 Å². The van der Waals surface area contributed by atoms with Gasteiger partial charge in [-0.1, -0.05) is 12.1 Å². The second-order valence-electron chi connectivity index (χ2n) is 4.69. The van der Waals surface area contributed by atoms with Crippen LogP contribution in [0.5, 0.6) is 0 Å². The normalized spacial score (nSPS) is 15.9. The highest BCUT2D eigenvalue weighted by molar-refractivity contribution is 7.90. The number of amides is 2. The molecule has 0 radical (unpaired) electrons. The van der Waals surface area contributed by atoms with Gasteiger partial charge in [0, 0.05) is 26.1 Å². The van der Waals surface area contributed by atoms with E-state index in [9.17, 15) is 18.0 Å². The predicted octanol–water partition coefficient (Wildman–Crippen LogP) is 1.09. The highest BCUT2D eigenvalue weighted by atomic mass is 32.2. The molecular formula is C14H18N2O4S. The lowest BCUT2D eigenvalue weighted by Crippen LogP contribution is -2.36. The molecule has 0 unspecified atom stereocenters. The summed E-state index contributed by atoms with van der Waals surface area (Å²) in [5.41, 5.74) is 0.174. The zero-order chi connectivity index (χ0) is 15.6. The molecule has 0 atom stereocenters. The van der Waals surface area contributed by atoms with Gasteiger partial charge in [-0.25, -0.2) is 12.7 Å². The number of rotatable bonds is 5. The Balaban J connectivity index is 2.17. The second-order valence-corrected chi connectivity index (χ2v) is 6.53. The predicted molar refractivity (Wildman–Crippen MR) is 77.2 cm³/mol. The van der Waals surface area contributed by atoms with Crippen molar-refractivity contribution in [1.29, 1.82) is 0 Å². The summed E-state index contributed by atoms with van der Waals surface area (Å²) >= 11 is 0. The molecule has 2 amide bonds. The Morgan fingerprint density at radius 2 is 1.81 bits per heavy atom. The van der Waals surface area contributed by atoms with E-state index in [1.54, 1.807) is 17.0 Å². The van der Waals surface area contributed by atoms with Gasteiger partial charge in [0.15, 0.2) is 0 Å². The number of benzene rings is 1. The van der Waals surface area contributed by atoms with Gasteiger partial charge < -0.3 is 4.90 Å². The molecule has 7 heteroatoms. The van der Waals surface area contributed by atoms with E-state index < -0.39 is 15.9 Å². The molecule has 0 N–H and O–H groups in total. The van der Waals surface area contributed by atoms with Crippen LogP contribution in [0.25, 0.3) is 0 Å². The number of fused-ring (bicyclic) bond motifs is 1. The zero-order valence-corrected chi connectivity index (χ0v) is 12.9. The number of sulfonamides is 1. The molecule has 0 spiro atoms. The van der Waals surface area contributed by atoms with Gasteiger partial charge in [-0.05, 0) is 26.0 Å². The Morgan fingerprint density at radius 3 is 2.38 bits per heavy atom. The third-order valence-electron chi connectivity index (χ3n) is 3.56. The first-order chi connectivity index (χ1) is 9.93. The van der Waals surface area contributed by atoms with Gasteiger partial charge in [0.25, 0.3) is 15.9 Å². The van der Waals surface area contributed by atoms with Crippen LogP contribution in [0.4, 0.5) is 0 Å². The van der Waals surface area contributed by atoms with Crippen molar-refractivity contribution >= 4 is 21.8 Å². The smallest absolute Gasteiger partial charge is 0.269 e. The minimum atomic E-state index is -3.82. The molecule has 0 bridgehead atoms. The van der Waals surface area contributed by atoms with Gasteiger partial charge >= 0.3 is 0 Å². The van der Waals surface area contributed by atoms with Gasteiger partial charge in [0.1, 0.15) is 4.90 Å². The molecule has 0 aliphatic carbocycles. The van der Waals surface area contributed by atoms with E-state index in [1.807, 2.05) is 13.8 Å². The largest absolute Gasteiger partial charge is 0.343 e. The maximum atomic E-state index is 12.3. The fraction of sp³-hybridized carbons (Fsp3) is 0.429. The Hall–Kier alpha value is -1.89. The lowest BCUT2D eigenvalue weighted by molar-refractivity contribution is -0.130. The molecule has 0 saturated carbocycles. The first-order valence-corrected chi connectivity index (χ1v) is 8.31. The molecule has 21 heavy (non-hydrogen) atoms. The van der Waals surface area contributed by atoms with Gasteiger partial charge in [-0.3, -0.25) is 9.59 Å². The summed E-state index contributed by atoms with van der Waals surface area (Å²) < 4.78 is 25.4. The Labute approximate surface area is 124 Å². The van der Waals surface area contributed by atoms with Crippen molar-refractivity contribution in [3.63, 3.8) is 0 Å². The van der Waals surface area contributed by atoms with Crippen molar-refractivity contribution in [2.75, 3.05) is 19.6 Å². The molecule has 0 saturated heterocycles. The van der Waals surface area contributed by atoms with E-state index in [2.05, 4.69) is 0 Å². The monoisotopic (exact) mass is 310 g/mol. The topological polar surface area (TPSA) is 74.8 Å². The second kappa shape index (κ2) is 5.85. The molecule has 1 aromatic carbocycles. The summed E-state index contributed by atoms with van der Waals surface area (Å²) in [5, 5.41) is 0. The Morgan fingerprint density at radius 1 is 1.19 bits per heavy atom. The van der Waals surface area contributed by atoms with Crippen molar-refractivity contribution in [2.24, 2.45) is 0 Å². The molecule has 0 fully saturated rings. The highest BCUT2D eigenvalue weighted by Crippen LogP contribution is 2.29. The maximum absolute atomic E-state index is 12.3. The fourth-order valence-electron chi connectivity index (χ4n) is 2.38. The van der Waals surface area contributed by atoms with Crippen LogP contribution < -0.4 is 0 Å². The van der Waals surface area contributed by atoms with E-state index in [4.69, 9.17) is 0 Å². The number of carbonyl (C=O) groups excluding carboxylic acids is 2. The fourth-order valence-corrected chi connectivity index (χ4v) is 3.95. The SMILES string of the molecule is CCN(CC)C(=O)CCN1C(=O)c2ccccc2S1(=O)=O.